The molecule has 3 heteroatoms. The van der Waals surface area contributed by atoms with Gasteiger partial charge in [-0.25, -0.2) is 0 Å². The highest BCUT2D eigenvalue weighted by atomic mass is 32.2. The molecular weight excluding hydrogens is 244 g/mol. The van der Waals surface area contributed by atoms with Gasteiger partial charge in [0.05, 0.1) is 0 Å². The van der Waals surface area contributed by atoms with Gasteiger partial charge in [-0.3, -0.25) is 0 Å². The topological polar surface area (TPSA) is 18.5 Å². The van der Waals surface area contributed by atoms with Crippen molar-refractivity contribution in [3.63, 3.8) is 0 Å². The first-order chi connectivity index (χ1) is 8.88. The van der Waals surface area contributed by atoms with Crippen LogP contribution < -0.4 is 0 Å². The van der Waals surface area contributed by atoms with E-state index in [2.05, 4.69) is 30.2 Å². The van der Waals surface area contributed by atoms with Gasteiger partial charge in [0.1, 0.15) is 6.61 Å². The molecule has 1 aromatic carbocycles. The molecule has 0 N–H and O–H groups in total. The maximum Gasteiger partial charge on any atom is 0.158 e. The lowest BCUT2D eigenvalue weighted by atomic mass is 10.2. The minimum Gasteiger partial charge on any atom is -0.353 e. The third kappa shape index (κ3) is 4.38. The molecule has 1 fully saturated rings. The minimum absolute atomic E-state index is 0.0492. The van der Waals surface area contributed by atoms with Crippen LogP contribution in [0.5, 0.6) is 0 Å². The lowest BCUT2D eigenvalue weighted by Gasteiger charge is -2.21. The molecule has 1 aliphatic heterocycles. The number of benzene rings is 1. The lowest BCUT2D eigenvalue weighted by molar-refractivity contribution is -0.154. The van der Waals surface area contributed by atoms with Gasteiger partial charge in [-0.15, -0.1) is 11.8 Å². The molecule has 0 aromatic heterocycles. The van der Waals surface area contributed by atoms with E-state index in [0.717, 1.165) is 25.0 Å². The van der Waals surface area contributed by atoms with Crippen LogP contribution in [-0.4, -0.2) is 25.8 Å². The average molecular weight is 262 g/mol. The van der Waals surface area contributed by atoms with Crippen molar-refractivity contribution in [3.8, 4) is 11.8 Å². The van der Waals surface area contributed by atoms with Crippen molar-refractivity contribution < 1.29 is 9.47 Å². The Bertz CT molecular complexity index is 410. The Morgan fingerprint density at radius 1 is 1.33 bits per heavy atom. The van der Waals surface area contributed by atoms with Crippen molar-refractivity contribution in [2.75, 3.05) is 19.5 Å². The Kier molecular flexibility index (Phi) is 5.60. The van der Waals surface area contributed by atoms with Crippen LogP contribution >= 0.6 is 11.8 Å². The number of hydrogen-bond acceptors (Lipinski definition) is 3. The fraction of sp³-hybridized carbons (Fsp3) is 0.467. The molecule has 18 heavy (non-hydrogen) atoms. The van der Waals surface area contributed by atoms with Gasteiger partial charge in [0.25, 0.3) is 0 Å². The number of ether oxygens (including phenoxy) is 2. The molecule has 2 nitrogen and oxygen atoms in total. The first kappa shape index (κ1) is 13.5. The molecule has 1 aliphatic rings. The summed E-state index contributed by atoms with van der Waals surface area (Å²) in [6, 6.07) is 8.24. The third-order valence-electron chi connectivity index (χ3n) is 2.80. The molecule has 0 saturated carbocycles. The Morgan fingerprint density at radius 2 is 2.17 bits per heavy atom. The fourth-order valence-electron chi connectivity index (χ4n) is 1.79. The van der Waals surface area contributed by atoms with Gasteiger partial charge in [0.2, 0.25) is 0 Å². The van der Waals surface area contributed by atoms with Crippen LogP contribution in [0.25, 0.3) is 0 Å². The van der Waals surface area contributed by atoms with Crippen LogP contribution in [0, 0.1) is 11.8 Å². The van der Waals surface area contributed by atoms with Crippen LogP contribution in [0.1, 0.15) is 24.8 Å². The number of thioether (sulfide) groups is 1. The van der Waals surface area contributed by atoms with Crippen LogP contribution in [0.2, 0.25) is 0 Å². The molecule has 1 aromatic rings. The Morgan fingerprint density at radius 3 is 2.83 bits per heavy atom. The van der Waals surface area contributed by atoms with E-state index in [9.17, 15) is 0 Å². The molecule has 0 radical (unpaired) electrons. The molecule has 1 heterocycles. The average Bonchev–Trinajstić information content (AvgIpc) is 2.45. The van der Waals surface area contributed by atoms with Crippen LogP contribution in [0.15, 0.2) is 29.2 Å². The molecule has 1 saturated heterocycles. The first-order valence-corrected chi connectivity index (χ1v) is 7.47. The standard InChI is InChI=1S/C15H18O2S/c1-18-14-9-7-13(8-10-14)5-4-12-17-15-6-2-3-11-16-15/h7-10,15H,2-3,6,11-12H2,1H3. The maximum atomic E-state index is 5.55. The van der Waals surface area contributed by atoms with Crippen LogP contribution in [0.3, 0.4) is 0 Å². The third-order valence-corrected chi connectivity index (χ3v) is 3.55. The van der Waals surface area contributed by atoms with Gasteiger partial charge in [-0.1, -0.05) is 11.8 Å². The van der Waals surface area contributed by atoms with E-state index in [4.69, 9.17) is 9.47 Å². The second kappa shape index (κ2) is 7.48. The summed E-state index contributed by atoms with van der Waals surface area (Å²) in [5.41, 5.74) is 1.03. The minimum atomic E-state index is -0.0492. The maximum absolute atomic E-state index is 5.55. The normalized spacial score (nSPS) is 19.1. The largest absolute Gasteiger partial charge is 0.353 e. The molecule has 1 atom stereocenters. The van der Waals surface area contributed by atoms with Crippen molar-refractivity contribution in [2.24, 2.45) is 0 Å². The number of hydrogen-bond donors (Lipinski definition) is 0. The summed E-state index contributed by atoms with van der Waals surface area (Å²) in [6.07, 6.45) is 5.34. The van der Waals surface area contributed by atoms with E-state index in [-0.39, 0.29) is 6.29 Å². The van der Waals surface area contributed by atoms with Crippen molar-refractivity contribution in [1.29, 1.82) is 0 Å². The molecule has 1 unspecified atom stereocenters. The summed E-state index contributed by atoms with van der Waals surface area (Å²) in [5, 5.41) is 0. The summed E-state index contributed by atoms with van der Waals surface area (Å²) in [6.45, 7) is 1.25. The highest BCUT2D eigenvalue weighted by molar-refractivity contribution is 7.98. The Balaban J connectivity index is 1.76. The predicted molar refractivity (Wildman–Crippen MR) is 74.6 cm³/mol. The van der Waals surface area contributed by atoms with Crippen molar-refractivity contribution in [2.45, 2.75) is 30.4 Å². The molecule has 0 aliphatic carbocycles. The quantitative estimate of drug-likeness (QED) is 0.615. The molecule has 96 valence electrons. The van der Waals surface area contributed by atoms with Crippen LogP contribution in [-0.2, 0) is 9.47 Å². The van der Waals surface area contributed by atoms with E-state index in [1.807, 2.05) is 12.1 Å². The van der Waals surface area contributed by atoms with E-state index in [0.29, 0.717) is 6.61 Å². The Labute approximate surface area is 113 Å². The second-order valence-electron chi connectivity index (χ2n) is 4.14. The van der Waals surface area contributed by atoms with Crippen LogP contribution in [0.4, 0.5) is 0 Å². The zero-order chi connectivity index (χ0) is 12.6. The first-order valence-electron chi connectivity index (χ1n) is 6.24. The van der Waals surface area contributed by atoms with Gasteiger partial charge in [0, 0.05) is 17.1 Å². The summed E-state index contributed by atoms with van der Waals surface area (Å²) in [5.74, 6) is 6.12. The van der Waals surface area contributed by atoms with Gasteiger partial charge >= 0.3 is 0 Å². The van der Waals surface area contributed by atoms with Crippen molar-refractivity contribution in [3.05, 3.63) is 29.8 Å². The number of rotatable bonds is 3. The molecule has 2 rings (SSSR count). The lowest BCUT2D eigenvalue weighted by Crippen LogP contribution is -2.22. The molecular formula is C15H18O2S. The molecule has 0 amide bonds. The van der Waals surface area contributed by atoms with E-state index in [1.54, 1.807) is 11.8 Å². The van der Waals surface area contributed by atoms with Gasteiger partial charge in [-0.05, 0) is 49.8 Å². The fourth-order valence-corrected chi connectivity index (χ4v) is 2.20. The zero-order valence-electron chi connectivity index (χ0n) is 10.6. The molecule has 0 bridgehead atoms. The predicted octanol–water partition coefficient (Wildman–Crippen LogP) is 3.30. The van der Waals surface area contributed by atoms with E-state index < -0.39 is 0 Å². The van der Waals surface area contributed by atoms with Gasteiger partial charge in [-0.2, -0.15) is 0 Å². The van der Waals surface area contributed by atoms with Crippen molar-refractivity contribution in [1.82, 2.24) is 0 Å². The Hall–Kier alpha value is -0.950. The summed E-state index contributed by atoms with van der Waals surface area (Å²) in [7, 11) is 0. The second-order valence-corrected chi connectivity index (χ2v) is 5.02. The van der Waals surface area contributed by atoms with E-state index >= 15 is 0 Å². The highest BCUT2D eigenvalue weighted by Crippen LogP contribution is 2.14. The summed E-state index contributed by atoms with van der Waals surface area (Å²) >= 11 is 1.74. The monoisotopic (exact) mass is 262 g/mol. The summed E-state index contributed by atoms with van der Waals surface area (Å²) in [4.78, 5) is 1.26. The summed E-state index contributed by atoms with van der Waals surface area (Å²) < 4.78 is 11.0. The van der Waals surface area contributed by atoms with Crippen molar-refractivity contribution >= 4 is 11.8 Å². The van der Waals surface area contributed by atoms with Gasteiger partial charge < -0.3 is 9.47 Å². The smallest absolute Gasteiger partial charge is 0.158 e. The van der Waals surface area contributed by atoms with Gasteiger partial charge in [0.15, 0.2) is 6.29 Å². The SMILES string of the molecule is CSc1ccc(C#CCOC2CCCCO2)cc1. The highest BCUT2D eigenvalue weighted by Gasteiger charge is 2.12. The zero-order valence-corrected chi connectivity index (χ0v) is 11.5. The molecule has 0 spiro atoms. The van der Waals surface area contributed by atoms with E-state index in [1.165, 1.54) is 11.3 Å².